The van der Waals surface area contributed by atoms with Crippen molar-refractivity contribution >= 4 is 35.2 Å². The first-order chi connectivity index (χ1) is 12.5. The molecule has 0 unspecified atom stereocenters. The maximum absolute atomic E-state index is 8.01. The highest BCUT2D eigenvalue weighted by molar-refractivity contribution is 6.22. The average molecular weight is 391 g/mol. The van der Waals surface area contributed by atoms with Crippen molar-refractivity contribution in [3.63, 3.8) is 0 Å². The zero-order valence-electron chi connectivity index (χ0n) is 16.7. The Bertz CT molecular complexity index is 720. The van der Waals surface area contributed by atoms with E-state index in [1.807, 2.05) is 12.1 Å². The molecule has 0 atom stereocenters. The molecule has 0 saturated heterocycles. The van der Waals surface area contributed by atoms with E-state index in [0.29, 0.717) is 35.5 Å². The molecule has 2 rings (SSSR count). The molecule has 0 heterocycles. The van der Waals surface area contributed by atoms with Gasteiger partial charge in [0.25, 0.3) is 0 Å². The summed E-state index contributed by atoms with van der Waals surface area (Å²) in [5.74, 6) is 0.528. The van der Waals surface area contributed by atoms with Gasteiger partial charge >= 0.3 is 0 Å². The number of rotatable bonds is 8. The molecule has 1 aromatic carbocycles. The summed E-state index contributed by atoms with van der Waals surface area (Å²) in [5, 5.41) is 8.01. The SMILES string of the molecule is CCCCOC1=CC(=Nc2ccc(N(CC)C(C)C)cc2)C(N)=CC1=N.Cl. The van der Waals surface area contributed by atoms with Crippen molar-refractivity contribution in [2.75, 3.05) is 18.1 Å². The van der Waals surface area contributed by atoms with Gasteiger partial charge in [0.1, 0.15) is 5.76 Å². The summed E-state index contributed by atoms with van der Waals surface area (Å²) in [6, 6.07) is 8.59. The molecule has 0 amide bonds. The van der Waals surface area contributed by atoms with Crippen molar-refractivity contribution in [2.24, 2.45) is 10.7 Å². The van der Waals surface area contributed by atoms with Crippen LogP contribution in [-0.2, 0) is 4.74 Å². The van der Waals surface area contributed by atoms with Crippen LogP contribution in [0.25, 0.3) is 0 Å². The lowest BCUT2D eigenvalue weighted by atomic mass is 10.1. The Morgan fingerprint density at radius 1 is 1.15 bits per heavy atom. The highest BCUT2D eigenvalue weighted by Gasteiger charge is 2.16. The van der Waals surface area contributed by atoms with E-state index in [1.54, 1.807) is 12.2 Å². The number of ether oxygens (including phenoxy) is 1. The Balaban J connectivity index is 0.00000364. The molecule has 148 valence electrons. The topological polar surface area (TPSA) is 74.7 Å². The van der Waals surface area contributed by atoms with Crippen LogP contribution in [0.15, 0.2) is 52.9 Å². The molecular formula is C21H31ClN4O. The molecule has 0 saturated carbocycles. The van der Waals surface area contributed by atoms with Crippen LogP contribution < -0.4 is 10.6 Å². The molecule has 0 aliphatic heterocycles. The molecule has 0 bridgehead atoms. The van der Waals surface area contributed by atoms with Crippen molar-refractivity contribution < 1.29 is 4.74 Å². The minimum atomic E-state index is 0. The van der Waals surface area contributed by atoms with Crippen molar-refractivity contribution in [1.29, 1.82) is 5.41 Å². The largest absolute Gasteiger partial charge is 0.491 e. The standard InChI is InChI=1S/C21H30N4O.ClH/c1-5-7-12-26-21-14-20(18(22)13-19(21)23)24-16-8-10-17(11-9-16)25(6-2)15(3)4;/h8-11,13-15,23H,5-7,12,22H2,1-4H3;1H. The summed E-state index contributed by atoms with van der Waals surface area (Å²) >= 11 is 0. The first-order valence-electron chi connectivity index (χ1n) is 9.32. The number of hydrogen-bond acceptors (Lipinski definition) is 5. The van der Waals surface area contributed by atoms with E-state index >= 15 is 0 Å². The zero-order chi connectivity index (χ0) is 19.1. The molecule has 0 radical (unpaired) electrons. The molecule has 6 heteroatoms. The number of unbranched alkanes of at least 4 members (excludes halogenated alkanes) is 1. The van der Waals surface area contributed by atoms with Gasteiger partial charge in [-0.1, -0.05) is 13.3 Å². The number of nitrogens with two attached hydrogens (primary N) is 1. The van der Waals surface area contributed by atoms with Crippen LogP contribution in [0.3, 0.4) is 0 Å². The minimum Gasteiger partial charge on any atom is -0.491 e. The molecule has 5 nitrogen and oxygen atoms in total. The van der Waals surface area contributed by atoms with Gasteiger partial charge in [-0.2, -0.15) is 0 Å². The number of benzene rings is 1. The van der Waals surface area contributed by atoms with E-state index in [2.05, 4.69) is 49.7 Å². The number of nitrogens with zero attached hydrogens (tertiary/aromatic N) is 2. The van der Waals surface area contributed by atoms with Crippen molar-refractivity contribution in [3.8, 4) is 0 Å². The number of allylic oxidation sites excluding steroid dienone is 2. The van der Waals surface area contributed by atoms with Gasteiger partial charge < -0.3 is 15.4 Å². The maximum Gasteiger partial charge on any atom is 0.146 e. The molecule has 0 spiro atoms. The van der Waals surface area contributed by atoms with Crippen LogP contribution in [0.4, 0.5) is 11.4 Å². The quantitative estimate of drug-likeness (QED) is 0.484. The normalized spacial score (nSPS) is 15.3. The lowest BCUT2D eigenvalue weighted by Crippen LogP contribution is -2.30. The predicted octanol–water partition coefficient (Wildman–Crippen LogP) is 4.99. The van der Waals surface area contributed by atoms with E-state index < -0.39 is 0 Å². The van der Waals surface area contributed by atoms with Gasteiger partial charge in [-0.05, 0) is 57.5 Å². The second kappa shape index (κ2) is 10.8. The number of nitrogens with one attached hydrogen (secondary N) is 1. The van der Waals surface area contributed by atoms with E-state index in [4.69, 9.17) is 15.9 Å². The number of hydrogen-bond donors (Lipinski definition) is 2. The van der Waals surface area contributed by atoms with Gasteiger partial charge in [-0.15, -0.1) is 12.4 Å². The molecular weight excluding hydrogens is 360 g/mol. The molecule has 1 aromatic rings. The van der Waals surface area contributed by atoms with E-state index in [9.17, 15) is 0 Å². The smallest absolute Gasteiger partial charge is 0.146 e. The highest BCUT2D eigenvalue weighted by atomic mass is 35.5. The first-order valence-corrected chi connectivity index (χ1v) is 9.32. The van der Waals surface area contributed by atoms with E-state index in [1.165, 1.54) is 5.69 Å². The fraction of sp³-hybridized carbons (Fsp3) is 0.429. The number of aliphatic imine (C=N–C) groups is 1. The summed E-state index contributed by atoms with van der Waals surface area (Å²) in [4.78, 5) is 6.96. The Morgan fingerprint density at radius 2 is 1.81 bits per heavy atom. The van der Waals surface area contributed by atoms with E-state index in [0.717, 1.165) is 25.1 Å². The Labute approximate surface area is 168 Å². The highest BCUT2D eigenvalue weighted by Crippen LogP contribution is 2.23. The van der Waals surface area contributed by atoms with Crippen LogP contribution in [0.1, 0.15) is 40.5 Å². The second-order valence-corrected chi connectivity index (χ2v) is 6.62. The van der Waals surface area contributed by atoms with Crippen LogP contribution in [-0.4, -0.2) is 30.6 Å². The lowest BCUT2D eigenvalue weighted by molar-refractivity contribution is 0.226. The summed E-state index contributed by atoms with van der Waals surface area (Å²) in [6.45, 7) is 10.2. The molecule has 0 fully saturated rings. The summed E-state index contributed by atoms with van der Waals surface area (Å²) < 4.78 is 5.69. The predicted molar refractivity (Wildman–Crippen MR) is 118 cm³/mol. The number of halogens is 1. The molecule has 3 N–H and O–H groups in total. The fourth-order valence-corrected chi connectivity index (χ4v) is 2.83. The monoisotopic (exact) mass is 390 g/mol. The van der Waals surface area contributed by atoms with Crippen molar-refractivity contribution in [3.05, 3.63) is 47.9 Å². The zero-order valence-corrected chi connectivity index (χ0v) is 17.5. The van der Waals surface area contributed by atoms with E-state index in [-0.39, 0.29) is 12.4 Å². The third-order valence-corrected chi connectivity index (χ3v) is 4.28. The fourth-order valence-electron chi connectivity index (χ4n) is 2.83. The van der Waals surface area contributed by atoms with Gasteiger partial charge in [0.15, 0.2) is 0 Å². The summed E-state index contributed by atoms with van der Waals surface area (Å²) in [5.41, 5.74) is 9.48. The second-order valence-electron chi connectivity index (χ2n) is 6.62. The maximum atomic E-state index is 8.01. The molecule has 0 aromatic heterocycles. The Hall–Kier alpha value is -2.27. The van der Waals surface area contributed by atoms with Gasteiger partial charge in [0, 0.05) is 24.4 Å². The third kappa shape index (κ3) is 6.14. The van der Waals surface area contributed by atoms with Crippen LogP contribution in [0.2, 0.25) is 0 Å². The van der Waals surface area contributed by atoms with Crippen LogP contribution in [0.5, 0.6) is 0 Å². The summed E-state index contributed by atoms with van der Waals surface area (Å²) in [6.07, 6.45) is 5.37. The summed E-state index contributed by atoms with van der Waals surface area (Å²) in [7, 11) is 0. The van der Waals surface area contributed by atoms with Crippen LogP contribution in [0, 0.1) is 5.41 Å². The van der Waals surface area contributed by atoms with Crippen molar-refractivity contribution in [1.82, 2.24) is 0 Å². The average Bonchev–Trinajstić information content (AvgIpc) is 2.60. The molecule has 27 heavy (non-hydrogen) atoms. The van der Waals surface area contributed by atoms with Gasteiger partial charge in [-0.3, -0.25) is 5.41 Å². The van der Waals surface area contributed by atoms with Crippen molar-refractivity contribution in [2.45, 2.75) is 46.6 Å². The number of anilines is 1. The third-order valence-electron chi connectivity index (χ3n) is 4.28. The Morgan fingerprint density at radius 3 is 2.37 bits per heavy atom. The van der Waals surface area contributed by atoms with Gasteiger partial charge in [0.2, 0.25) is 0 Å². The molecule has 1 aliphatic carbocycles. The first kappa shape index (κ1) is 22.8. The minimum absolute atomic E-state index is 0. The van der Waals surface area contributed by atoms with Gasteiger partial charge in [-0.25, -0.2) is 4.99 Å². The molecule has 1 aliphatic rings. The Kier molecular flexibility index (Phi) is 9.09. The van der Waals surface area contributed by atoms with Crippen LogP contribution >= 0.6 is 12.4 Å². The van der Waals surface area contributed by atoms with Gasteiger partial charge in [0.05, 0.1) is 29.4 Å². The lowest BCUT2D eigenvalue weighted by Gasteiger charge is -2.27.